The van der Waals surface area contributed by atoms with Crippen molar-refractivity contribution in [2.45, 2.75) is 32.9 Å². The van der Waals surface area contributed by atoms with E-state index in [4.69, 9.17) is 0 Å². The van der Waals surface area contributed by atoms with Gasteiger partial charge in [-0.3, -0.25) is 19.3 Å². The number of imidazole rings is 1. The zero-order chi connectivity index (χ0) is 33.3. The van der Waals surface area contributed by atoms with Crippen molar-refractivity contribution in [2.24, 2.45) is 7.05 Å². The summed E-state index contributed by atoms with van der Waals surface area (Å²) in [4.78, 5) is 71.0. The van der Waals surface area contributed by atoms with Gasteiger partial charge in [-0.05, 0) is 37.1 Å². The molecule has 3 aliphatic rings. The molecule has 0 spiro atoms. The predicted octanol–water partition coefficient (Wildman–Crippen LogP) is -2.14. The number of fused-ring (bicyclic) bond motifs is 2. The van der Waals surface area contributed by atoms with E-state index in [9.17, 15) is 19.2 Å². The second-order valence-corrected chi connectivity index (χ2v) is 11.8. The zero-order valence-corrected chi connectivity index (χ0v) is 27.2. The highest BCUT2D eigenvalue weighted by molar-refractivity contribution is 5.88. The first-order valence-corrected chi connectivity index (χ1v) is 16.0. The largest absolute Gasteiger partial charge is 0.353 e. The van der Waals surface area contributed by atoms with E-state index in [2.05, 4.69) is 51.4 Å². The minimum absolute atomic E-state index is 0.0220. The van der Waals surface area contributed by atoms with Crippen LogP contribution in [0.15, 0.2) is 34.2 Å². The molecule has 6 N–H and O–H groups in total. The van der Waals surface area contributed by atoms with Crippen molar-refractivity contribution < 1.29 is 9.59 Å². The SMILES string of the molecule is Cc1cc2nc3c(=O)n(CC(=O)N[C@@H](Cc4cnc[nH]4)C(=O)NCCN4CCNCCNCCNCC4)c(=O)nc-3n(C)c2cc1C. The summed E-state index contributed by atoms with van der Waals surface area (Å²) in [5, 5.41) is 15.9. The van der Waals surface area contributed by atoms with E-state index in [1.807, 2.05) is 26.0 Å². The van der Waals surface area contributed by atoms with E-state index in [0.717, 1.165) is 73.6 Å². The highest BCUT2D eigenvalue weighted by Crippen LogP contribution is 2.22. The molecule has 2 aromatic rings. The highest BCUT2D eigenvalue weighted by Gasteiger charge is 2.25. The molecule has 1 fully saturated rings. The lowest BCUT2D eigenvalue weighted by atomic mass is 10.1. The minimum atomic E-state index is -0.976. The van der Waals surface area contributed by atoms with Gasteiger partial charge in [-0.2, -0.15) is 4.98 Å². The lowest BCUT2D eigenvalue weighted by Crippen LogP contribution is -2.52. The van der Waals surface area contributed by atoms with Gasteiger partial charge >= 0.3 is 5.69 Å². The Labute approximate surface area is 272 Å². The lowest BCUT2D eigenvalue weighted by molar-refractivity contribution is -0.129. The highest BCUT2D eigenvalue weighted by atomic mass is 16.2. The number of aryl methyl sites for hydroxylation is 3. The number of hydrogen-bond donors (Lipinski definition) is 6. The van der Waals surface area contributed by atoms with Crippen molar-refractivity contribution in [3.63, 3.8) is 0 Å². The van der Waals surface area contributed by atoms with Crippen molar-refractivity contribution in [3.8, 4) is 11.5 Å². The second-order valence-electron chi connectivity index (χ2n) is 11.8. The molecule has 0 aliphatic carbocycles. The van der Waals surface area contributed by atoms with E-state index in [1.54, 1.807) is 17.8 Å². The lowest BCUT2D eigenvalue weighted by Gasteiger charge is -2.24. The molecule has 1 atom stereocenters. The molecule has 1 aromatic heterocycles. The molecule has 0 radical (unpaired) electrons. The summed E-state index contributed by atoms with van der Waals surface area (Å²) in [7, 11) is 1.72. The Morgan fingerprint density at radius 3 is 2.32 bits per heavy atom. The summed E-state index contributed by atoms with van der Waals surface area (Å²) in [6, 6.07) is 2.82. The number of H-pyrrole nitrogens is 1. The van der Waals surface area contributed by atoms with Gasteiger partial charge in [0.15, 0.2) is 11.5 Å². The molecule has 0 saturated carbocycles. The second kappa shape index (κ2) is 15.9. The summed E-state index contributed by atoms with van der Waals surface area (Å²) in [6.07, 6.45) is 3.20. The van der Waals surface area contributed by atoms with Crippen LogP contribution in [0.25, 0.3) is 22.6 Å². The zero-order valence-electron chi connectivity index (χ0n) is 27.2. The fourth-order valence-corrected chi connectivity index (χ4v) is 5.57. The van der Waals surface area contributed by atoms with Gasteiger partial charge in [-0.15, -0.1) is 0 Å². The normalized spacial score (nSPS) is 16.0. The van der Waals surface area contributed by atoms with E-state index in [0.29, 0.717) is 24.3 Å². The van der Waals surface area contributed by atoms with Crippen LogP contribution in [-0.4, -0.2) is 117 Å². The van der Waals surface area contributed by atoms with Gasteiger partial charge in [0.25, 0.3) is 5.56 Å². The van der Waals surface area contributed by atoms with Crippen LogP contribution < -0.4 is 37.8 Å². The Morgan fingerprint density at radius 2 is 1.64 bits per heavy atom. The Kier molecular flexibility index (Phi) is 11.4. The fraction of sp³-hybridized carbons (Fsp3) is 0.516. The molecule has 4 heterocycles. The van der Waals surface area contributed by atoms with Crippen LogP contribution in [0.4, 0.5) is 0 Å². The molecule has 252 valence electrons. The number of amides is 2. The molecule has 16 heteroatoms. The maximum Gasteiger partial charge on any atom is 0.353 e. The average molecular weight is 649 g/mol. The minimum Gasteiger partial charge on any atom is -0.353 e. The van der Waals surface area contributed by atoms with E-state index in [-0.39, 0.29) is 23.8 Å². The van der Waals surface area contributed by atoms with Crippen molar-refractivity contribution in [1.29, 1.82) is 0 Å². The number of nitrogens with zero attached hydrogens (tertiary/aromatic N) is 6. The predicted molar refractivity (Wildman–Crippen MR) is 177 cm³/mol. The number of carbonyl (C=O) groups is 2. The molecule has 0 bridgehead atoms. The van der Waals surface area contributed by atoms with Crippen molar-refractivity contribution in [3.05, 3.63) is 62.3 Å². The van der Waals surface area contributed by atoms with Crippen LogP contribution >= 0.6 is 0 Å². The number of carbonyl (C=O) groups excluding carboxylic acids is 2. The maximum atomic E-state index is 13.5. The smallest absolute Gasteiger partial charge is 0.353 e. The monoisotopic (exact) mass is 648 g/mol. The van der Waals surface area contributed by atoms with Crippen LogP contribution in [0, 0.1) is 13.8 Å². The Balaban J connectivity index is 1.27. The molecule has 5 rings (SSSR count). The molecule has 1 saturated heterocycles. The first kappa shape index (κ1) is 33.8. The Hall–Kier alpha value is -4.51. The van der Waals surface area contributed by atoms with Gasteiger partial charge in [0.05, 0.1) is 17.4 Å². The third kappa shape index (κ3) is 8.65. The molecule has 3 aliphatic heterocycles. The van der Waals surface area contributed by atoms with Crippen molar-refractivity contribution >= 4 is 22.8 Å². The van der Waals surface area contributed by atoms with Gasteiger partial charge in [-0.25, -0.2) is 19.3 Å². The molecular weight excluding hydrogens is 604 g/mol. The molecule has 47 heavy (non-hydrogen) atoms. The van der Waals surface area contributed by atoms with Crippen LogP contribution in [0.1, 0.15) is 16.8 Å². The van der Waals surface area contributed by atoms with Crippen LogP contribution in [0.3, 0.4) is 0 Å². The third-order valence-corrected chi connectivity index (χ3v) is 8.42. The number of benzene rings is 1. The van der Waals surface area contributed by atoms with Gasteiger partial charge < -0.3 is 36.1 Å². The maximum absolute atomic E-state index is 13.5. The number of rotatable bonds is 9. The van der Waals surface area contributed by atoms with Crippen LogP contribution in [0.5, 0.6) is 0 Å². The molecular formula is C31H44N12O4. The fourth-order valence-electron chi connectivity index (χ4n) is 5.57. The molecule has 1 aromatic carbocycles. The van der Waals surface area contributed by atoms with E-state index < -0.39 is 29.7 Å². The first-order valence-electron chi connectivity index (χ1n) is 16.0. The van der Waals surface area contributed by atoms with Crippen molar-refractivity contribution in [2.75, 3.05) is 65.4 Å². The molecule has 2 amide bonds. The quantitative estimate of drug-likeness (QED) is 0.108. The average Bonchev–Trinajstić information content (AvgIpc) is 3.55. The summed E-state index contributed by atoms with van der Waals surface area (Å²) in [5.74, 6) is -0.942. The Bertz CT molecular complexity index is 1750. The third-order valence-electron chi connectivity index (χ3n) is 8.42. The number of aromatic nitrogens is 6. The van der Waals surface area contributed by atoms with Crippen molar-refractivity contribution in [1.82, 2.24) is 60.6 Å². The van der Waals surface area contributed by atoms with E-state index >= 15 is 0 Å². The van der Waals surface area contributed by atoms with Crippen LogP contribution in [-0.2, 0) is 29.6 Å². The molecule has 16 nitrogen and oxygen atoms in total. The standard InChI is InChI=1S/C31H44N12O4/c1-20-14-23-25(15-21(20)2)41(3)28-27(39-23)30(46)43(31(47)40-28)18-26(44)38-24(16-22-17-35-19-37-22)29(45)36-10-13-42-11-8-33-6-4-32-5-7-34-9-12-42/h14-15,17,19,24,32-34H,4-13,16,18H2,1-3H3,(H,35,37)(H,36,45)(H,38,44)/t24-/m0/s1. The van der Waals surface area contributed by atoms with Gasteiger partial charge in [-0.1, -0.05) is 0 Å². The number of hydrogen-bond acceptors (Lipinski definition) is 11. The van der Waals surface area contributed by atoms with Gasteiger partial charge in [0.2, 0.25) is 11.8 Å². The summed E-state index contributed by atoms with van der Waals surface area (Å²) in [5.41, 5.74) is 2.36. The first-order chi connectivity index (χ1) is 22.7. The summed E-state index contributed by atoms with van der Waals surface area (Å²) in [6.45, 7) is 11.3. The van der Waals surface area contributed by atoms with Gasteiger partial charge in [0, 0.05) is 90.8 Å². The number of aromatic amines is 1. The topological polar surface area (TPSA) is 196 Å². The summed E-state index contributed by atoms with van der Waals surface area (Å²) < 4.78 is 2.41. The van der Waals surface area contributed by atoms with Gasteiger partial charge in [0.1, 0.15) is 12.6 Å². The molecule has 0 unspecified atom stereocenters. The summed E-state index contributed by atoms with van der Waals surface area (Å²) >= 11 is 0. The number of nitrogens with one attached hydrogen (secondary N) is 6. The Morgan fingerprint density at radius 1 is 0.957 bits per heavy atom. The van der Waals surface area contributed by atoms with Crippen LogP contribution in [0.2, 0.25) is 0 Å². The van der Waals surface area contributed by atoms with E-state index in [1.165, 1.54) is 6.33 Å².